The number of carbonyl (C=O) groups is 1. The summed E-state index contributed by atoms with van der Waals surface area (Å²) < 4.78 is 53.7. The molecule has 0 saturated heterocycles. The third kappa shape index (κ3) is 5.96. The molecule has 0 fully saturated rings. The van der Waals surface area contributed by atoms with Crippen LogP contribution in [0.4, 0.5) is 18.9 Å². The van der Waals surface area contributed by atoms with Gasteiger partial charge in [0.25, 0.3) is 0 Å². The molecule has 190 valence electrons. The first-order valence-corrected chi connectivity index (χ1v) is 11.8. The zero-order chi connectivity index (χ0) is 25.8. The summed E-state index contributed by atoms with van der Waals surface area (Å²) >= 11 is 0. The van der Waals surface area contributed by atoms with Crippen LogP contribution in [-0.4, -0.2) is 48.2 Å². The highest BCUT2D eigenvalue weighted by Gasteiger charge is 2.42. The predicted octanol–water partition coefficient (Wildman–Crippen LogP) is 5.60. The lowest BCUT2D eigenvalue weighted by atomic mass is 9.79. The Morgan fingerprint density at radius 3 is 2.49 bits per heavy atom. The Bertz CT molecular complexity index is 1080. The maximum Gasteiger partial charge on any atom is 0.416 e. The summed E-state index contributed by atoms with van der Waals surface area (Å²) in [6, 6.07) is 6.95. The molecule has 0 amide bonds. The number of halogens is 3. The molecule has 0 spiro atoms. The van der Waals surface area contributed by atoms with Crippen molar-refractivity contribution < 1.29 is 27.4 Å². The first-order valence-electron chi connectivity index (χ1n) is 11.8. The largest absolute Gasteiger partial charge is 0.475 e. The van der Waals surface area contributed by atoms with E-state index >= 15 is 0 Å². The van der Waals surface area contributed by atoms with Crippen molar-refractivity contribution in [2.24, 2.45) is 0 Å². The number of benzene rings is 1. The van der Waals surface area contributed by atoms with Crippen molar-refractivity contribution >= 4 is 11.7 Å². The number of ether oxygens (including phenoxy) is 2. The number of aromatic nitrogens is 1. The molecule has 0 bridgehead atoms. The summed E-state index contributed by atoms with van der Waals surface area (Å²) in [5.41, 5.74) is 0.566. The predicted molar refractivity (Wildman–Crippen MR) is 128 cm³/mol. The minimum atomic E-state index is -4.62. The number of nitrogens with one attached hydrogen (secondary N) is 1. The summed E-state index contributed by atoms with van der Waals surface area (Å²) in [5.74, 6) is -1.57. The fourth-order valence-electron chi connectivity index (χ4n) is 4.26. The molecule has 6 nitrogen and oxygen atoms in total. The summed E-state index contributed by atoms with van der Waals surface area (Å²) in [5, 5.41) is 3.15. The van der Waals surface area contributed by atoms with Gasteiger partial charge in [-0.25, -0.2) is 9.78 Å². The van der Waals surface area contributed by atoms with Crippen molar-refractivity contribution in [2.75, 3.05) is 31.6 Å². The van der Waals surface area contributed by atoms with Gasteiger partial charge in [0.2, 0.25) is 5.88 Å². The number of esters is 1. The number of anilines is 1. The van der Waals surface area contributed by atoms with Crippen LogP contribution in [0.5, 0.6) is 5.88 Å². The molecule has 0 aliphatic carbocycles. The third-order valence-electron chi connectivity index (χ3n) is 5.94. The SMILES string of the molecule is CCN(CC)CCOC(=O)C1=C(C)Nc2ccnc(OC(C)C)c2C1c1ccccc1C(F)(F)F. The van der Waals surface area contributed by atoms with Crippen LogP contribution in [0, 0.1) is 0 Å². The smallest absolute Gasteiger partial charge is 0.416 e. The van der Waals surface area contributed by atoms with Crippen LogP contribution in [0.1, 0.15) is 57.2 Å². The van der Waals surface area contributed by atoms with Crippen molar-refractivity contribution in [3.05, 3.63) is 64.5 Å². The number of pyridine rings is 1. The Hall–Kier alpha value is -3.07. The highest BCUT2D eigenvalue weighted by molar-refractivity contribution is 5.95. The topological polar surface area (TPSA) is 63.7 Å². The van der Waals surface area contributed by atoms with Gasteiger partial charge in [-0.1, -0.05) is 32.0 Å². The van der Waals surface area contributed by atoms with E-state index in [1.807, 2.05) is 13.8 Å². The zero-order valence-electron chi connectivity index (χ0n) is 20.7. The number of likely N-dealkylation sites (N-methyl/N-ethyl adjacent to an activating group) is 1. The van der Waals surface area contributed by atoms with E-state index in [0.29, 0.717) is 23.5 Å². The molecule has 1 unspecified atom stereocenters. The van der Waals surface area contributed by atoms with Crippen molar-refractivity contribution in [2.45, 2.75) is 52.8 Å². The molecule has 9 heteroatoms. The molecule has 0 saturated carbocycles. The van der Waals surface area contributed by atoms with Crippen LogP contribution in [-0.2, 0) is 15.7 Å². The monoisotopic (exact) mass is 491 g/mol. The normalized spacial score (nSPS) is 15.8. The van der Waals surface area contributed by atoms with Crippen molar-refractivity contribution in [1.82, 2.24) is 9.88 Å². The van der Waals surface area contributed by atoms with Crippen LogP contribution in [0.15, 0.2) is 47.8 Å². The molecule has 0 radical (unpaired) electrons. The molecule has 1 aliphatic rings. The summed E-state index contributed by atoms with van der Waals surface area (Å²) in [7, 11) is 0. The van der Waals surface area contributed by atoms with E-state index in [1.165, 1.54) is 24.4 Å². The van der Waals surface area contributed by atoms with E-state index in [0.717, 1.165) is 19.2 Å². The lowest BCUT2D eigenvalue weighted by Gasteiger charge is -2.32. The molecular formula is C26H32F3N3O3. The highest BCUT2D eigenvalue weighted by Crippen LogP contribution is 2.48. The van der Waals surface area contributed by atoms with E-state index in [9.17, 15) is 18.0 Å². The molecule has 1 aliphatic heterocycles. The molecule has 1 N–H and O–H groups in total. The average molecular weight is 492 g/mol. The number of allylic oxidation sites excluding steroid dienone is 1. The van der Waals surface area contributed by atoms with Crippen molar-refractivity contribution in [3.63, 3.8) is 0 Å². The van der Waals surface area contributed by atoms with Crippen LogP contribution < -0.4 is 10.1 Å². The van der Waals surface area contributed by atoms with Crippen molar-refractivity contribution in [3.8, 4) is 5.88 Å². The standard InChI is InChI=1S/C26H32F3N3O3/c1-6-32(7-2)14-15-34-25(33)21-17(5)31-20-12-13-30-24(35-16(3)4)23(20)22(21)18-10-8-9-11-19(18)26(27,28)29/h8-13,16,22,31H,6-7,14-15H2,1-5H3. The fraction of sp³-hybridized carbons (Fsp3) is 0.462. The molecule has 1 aromatic carbocycles. The number of nitrogens with zero attached hydrogens (tertiary/aromatic N) is 2. The summed E-state index contributed by atoms with van der Waals surface area (Å²) in [4.78, 5) is 19.8. The lowest BCUT2D eigenvalue weighted by Crippen LogP contribution is -2.30. The number of fused-ring (bicyclic) bond motifs is 1. The van der Waals surface area contributed by atoms with E-state index in [1.54, 1.807) is 26.8 Å². The molecule has 35 heavy (non-hydrogen) atoms. The van der Waals surface area contributed by atoms with Gasteiger partial charge in [0, 0.05) is 29.7 Å². The van der Waals surface area contributed by atoms with Gasteiger partial charge in [-0.2, -0.15) is 13.2 Å². The second-order valence-electron chi connectivity index (χ2n) is 8.59. The van der Waals surface area contributed by atoms with Crippen LogP contribution in [0.3, 0.4) is 0 Å². The van der Waals surface area contributed by atoms with Gasteiger partial charge in [-0.15, -0.1) is 0 Å². The van der Waals surface area contributed by atoms with E-state index < -0.39 is 23.6 Å². The van der Waals surface area contributed by atoms with Gasteiger partial charge in [-0.05, 0) is 51.6 Å². The Morgan fingerprint density at radius 1 is 1.17 bits per heavy atom. The molecule has 3 rings (SSSR count). The average Bonchev–Trinajstić information content (AvgIpc) is 2.80. The van der Waals surface area contributed by atoms with Gasteiger partial charge in [0.05, 0.1) is 23.2 Å². The molecular weight excluding hydrogens is 459 g/mol. The Labute approximate surface area is 204 Å². The molecule has 1 atom stereocenters. The van der Waals surface area contributed by atoms with Gasteiger partial charge in [-0.3, -0.25) is 0 Å². The Kier molecular flexibility index (Phi) is 8.43. The number of carbonyl (C=O) groups excluding carboxylic acids is 1. The number of hydrogen-bond donors (Lipinski definition) is 1. The van der Waals surface area contributed by atoms with Crippen LogP contribution in [0.25, 0.3) is 0 Å². The van der Waals surface area contributed by atoms with Crippen LogP contribution in [0.2, 0.25) is 0 Å². The van der Waals surface area contributed by atoms with Gasteiger partial charge >= 0.3 is 12.1 Å². The van der Waals surface area contributed by atoms with Crippen molar-refractivity contribution in [1.29, 1.82) is 0 Å². The second kappa shape index (κ2) is 11.1. The van der Waals surface area contributed by atoms with Gasteiger partial charge in [0.1, 0.15) is 6.61 Å². The Morgan fingerprint density at radius 2 is 1.86 bits per heavy atom. The minimum absolute atomic E-state index is 0.0561. The maximum atomic E-state index is 14.1. The number of rotatable bonds is 9. The second-order valence-corrected chi connectivity index (χ2v) is 8.59. The highest BCUT2D eigenvalue weighted by atomic mass is 19.4. The molecule has 2 heterocycles. The Balaban J connectivity index is 2.14. The first-order chi connectivity index (χ1) is 16.6. The van der Waals surface area contributed by atoms with E-state index in [4.69, 9.17) is 9.47 Å². The lowest BCUT2D eigenvalue weighted by molar-refractivity contribution is -0.141. The third-order valence-corrected chi connectivity index (χ3v) is 5.94. The molecule has 1 aromatic heterocycles. The maximum absolute atomic E-state index is 14.1. The quantitative estimate of drug-likeness (QED) is 0.461. The van der Waals surface area contributed by atoms with Gasteiger partial charge < -0.3 is 19.7 Å². The molecule has 2 aromatic rings. The fourth-order valence-corrected chi connectivity index (χ4v) is 4.26. The number of alkyl halides is 3. The van der Waals surface area contributed by atoms with Crippen LogP contribution >= 0.6 is 0 Å². The first kappa shape index (κ1) is 26.5. The number of hydrogen-bond acceptors (Lipinski definition) is 6. The zero-order valence-corrected chi connectivity index (χ0v) is 20.7. The van der Waals surface area contributed by atoms with E-state index in [-0.39, 0.29) is 29.7 Å². The van der Waals surface area contributed by atoms with Gasteiger partial charge in [0.15, 0.2) is 0 Å². The summed E-state index contributed by atoms with van der Waals surface area (Å²) in [6.07, 6.45) is -3.37. The minimum Gasteiger partial charge on any atom is -0.475 e. The summed E-state index contributed by atoms with van der Waals surface area (Å²) in [6.45, 7) is 11.5. The van der Waals surface area contributed by atoms with E-state index in [2.05, 4.69) is 15.2 Å².